The Morgan fingerprint density at radius 3 is 2.75 bits per heavy atom. The number of aromatic nitrogens is 3. The zero-order valence-corrected chi connectivity index (χ0v) is 16.2. The van der Waals surface area contributed by atoms with Crippen LogP contribution < -0.4 is 15.6 Å². The summed E-state index contributed by atoms with van der Waals surface area (Å²) in [6, 6.07) is 10.2. The molecule has 0 unspecified atom stereocenters. The highest BCUT2D eigenvalue weighted by atomic mass is 35.5. The number of halogens is 1. The van der Waals surface area contributed by atoms with Crippen LogP contribution in [0.5, 0.6) is 5.75 Å². The van der Waals surface area contributed by atoms with Crippen LogP contribution in [-0.2, 0) is 7.05 Å². The number of fused-ring (bicyclic) bond motifs is 2. The van der Waals surface area contributed by atoms with Gasteiger partial charge in [0.15, 0.2) is 0 Å². The van der Waals surface area contributed by atoms with Crippen LogP contribution in [0.2, 0.25) is 5.02 Å². The molecule has 0 bridgehead atoms. The Balaban J connectivity index is 1.85. The molecule has 1 N–H and O–H groups in total. The van der Waals surface area contributed by atoms with E-state index in [0.29, 0.717) is 38.8 Å². The molecule has 1 amide bonds. The number of ether oxygens (including phenoxy) is 1. The van der Waals surface area contributed by atoms with Crippen molar-refractivity contribution in [3.05, 3.63) is 69.2 Å². The predicted molar refractivity (Wildman–Crippen MR) is 109 cm³/mol. The minimum atomic E-state index is -0.397. The van der Waals surface area contributed by atoms with E-state index in [1.54, 1.807) is 48.1 Å². The molecule has 0 aliphatic carbocycles. The molecule has 0 aliphatic rings. The molecule has 0 fully saturated rings. The quantitative estimate of drug-likeness (QED) is 0.575. The van der Waals surface area contributed by atoms with Gasteiger partial charge in [0.05, 0.1) is 18.2 Å². The van der Waals surface area contributed by atoms with Crippen molar-refractivity contribution in [1.29, 1.82) is 0 Å². The zero-order chi connectivity index (χ0) is 20.0. The summed E-state index contributed by atoms with van der Waals surface area (Å²) in [6.07, 6.45) is 1.67. The lowest BCUT2D eigenvalue weighted by Gasteiger charge is -2.11. The van der Waals surface area contributed by atoms with Gasteiger partial charge in [-0.3, -0.25) is 14.0 Å². The van der Waals surface area contributed by atoms with Gasteiger partial charge in [-0.1, -0.05) is 17.7 Å². The van der Waals surface area contributed by atoms with Crippen LogP contribution in [0.1, 0.15) is 16.1 Å². The second kappa shape index (κ2) is 6.69. The molecule has 3 heterocycles. The number of carbonyl (C=O) groups is 1. The van der Waals surface area contributed by atoms with Crippen molar-refractivity contribution in [3.63, 3.8) is 0 Å². The molecular weight excluding hydrogens is 380 g/mol. The second-order valence-electron chi connectivity index (χ2n) is 6.43. The number of benzene rings is 1. The normalized spacial score (nSPS) is 11.1. The van der Waals surface area contributed by atoms with E-state index >= 15 is 0 Å². The Morgan fingerprint density at radius 2 is 2.00 bits per heavy atom. The second-order valence-corrected chi connectivity index (χ2v) is 6.86. The minimum absolute atomic E-state index is 0.223. The fourth-order valence-corrected chi connectivity index (χ4v) is 3.38. The number of nitrogens with one attached hydrogen (secondary N) is 1. The number of anilines is 1. The number of hydrogen-bond donors (Lipinski definition) is 1. The van der Waals surface area contributed by atoms with Gasteiger partial charge in [-0.2, -0.15) is 0 Å². The number of amides is 1. The molecule has 0 spiro atoms. The van der Waals surface area contributed by atoms with Gasteiger partial charge < -0.3 is 14.6 Å². The van der Waals surface area contributed by atoms with Gasteiger partial charge in [0, 0.05) is 18.3 Å². The van der Waals surface area contributed by atoms with Gasteiger partial charge in [-0.25, -0.2) is 4.98 Å². The molecular formula is C20H17ClN4O3. The van der Waals surface area contributed by atoms with E-state index < -0.39 is 5.91 Å². The largest absolute Gasteiger partial charge is 0.495 e. The smallest absolute Gasteiger partial charge is 0.272 e. The summed E-state index contributed by atoms with van der Waals surface area (Å²) in [4.78, 5) is 30.4. The first-order chi connectivity index (χ1) is 13.4. The van der Waals surface area contributed by atoms with E-state index in [-0.39, 0.29) is 5.56 Å². The molecule has 28 heavy (non-hydrogen) atoms. The molecule has 4 rings (SSSR count). The molecule has 7 nitrogen and oxygen atoms in total. The minimum Gasteiger partial charge on any atom is -0.495 e. The van der Waals surface area contributed by atoms with Gasteiger partial charge in [-0.15, -0.1) is 0 Å². The fraction of sp³-hybridized carbons (Fsp3) is 0.150. The van der Waals surface area contributed by atoms with Crippen LogP contribution in [0.15, 0.2) is 47.4 Å². The van der Waals surface area contributed by atoms with Crippen LogP contribution in [0, 0.1) is 6.92 Å². The summed E-state index contributed by atoms with van der Waals surface area (Å²) < 4.78 is 8.36. The van der Waals surface area contributed by atoms with Crippen molar-refractivity contribution in [2.24, 2.45) is 7.05 Å². The maximum atomic E-state index is 12.9. The SMILES string of the molecule is COc1ccc(Cl)cc1NC(=O)c1cc2c(=O)n3cccc(C)c3nc2n1C. The van der Waals surface area contributed by atoms with Crippen LogP contribution in [0.4, 0.5) is 5.69 Å². The molecule has 3 aromatic heterocycles. The number of nitrogens with zero attached hydrogens (tertiary/aromatic N) is 3. The van der Waals surface area contributed by atoms with Gasteiger partial charge in [0.2, 0.25) is 0 Å². The highest BCUT2D eigenvalue weighted by molar-refractivity contribution is 6.31. The molecule has 0 radical (unpaired) electrons. The van der Waals surface area contributed by atoms with Crippen molar-refractivity contribution >= 4 is 39.9 Å². The fourth-order valence-electron chi connectivity index (χ4n) is 3.21. The third-order valence-corrected chi connectivity index (χ3v) is 4.90. The van der Waals surface area contributed by atoms with Gasteiger partial charge in [-0.05, 0) is 42.8 Å². The molecule has 0 atom stereocenters. The number of methoxy groups -OCH3 is 1. The lowest BCUT2D eigenvalue weighted by Crippen LogP contribution is -2.16. The average Bonchev–Trinajstić information content (AvgIpc) is 3.00. The number of aryl methyl sites for hydroxylation is 2. The van der Waals surface area contributed by atoms with Crippen molar-refractivity contribution in [3.8, 4) is 5.75 Å². The van der Waals surface area contributed by atoms with Crippen LogP contribution in [0.3, 0.4) is 0 Å². The predicted octanol–water partition coefficient (Wildman–Crippen LogP) is 3.41. The topological polar surface area (TPSA) is 77.6 Å². The van der Waals surface area contributed by atoms with E-state index in [1.807, 2.05) is 13.0 Å². The Kier molecular flexibility index (Phi) is 4.31. The molecule has 0 aliphatic heterocycles. The summed E-state index contributed by atoms with van der Waals surface area (Å²) in [5.41, 5.74) is 2.40. The number of carbonyl (C=O) groups excluding carboxylic acids is 1. The van der Waals surface area contributed by atoms with E-state index in [4.69, 9.17) is 16.3 Å². The molecule has 8 heteroatoms. The summed E-state index contributed by atoms with van der Waals surface area (Å²) in [5, 5.41) is 3.62. The van der Waals surface area contributed by atoms with Gasteiger partial charge in [0.25, 0.3) is 11.5 Å². The summed E-state index contributed by atoms with van der Waals surface area (Å²) in [7, 11) is 3.21. The Hall–Kier alpha value is -3.32. The Labute approximate surface area is 165 Å². The first-order valence-electron chi connectivity index (χ1n) is 8.53. The monoisotopic (exact) mass is 396 g/mol. The molecule has 1 aromatic carbocycles. The van der Waals surface area contributed by atoms with Crippen molar-refractivity contribution < 1.29 is 9.53 Å². The molecule has 142 valence electrons. The highest BCUT2D eigenvalue weighted by Crippen LogP contribution is 2.28. The summed E-state index contributed by atoms with van der Waals surface area (Å²) >= 11 is 6.03. The van der Waals surface area contributed by atoms with Crippen molar-refractivity contribution in [1.82, 2.24) is 14.0 Å². The van der Waals surface area contributed by atoms with Crippen molar-refractivity contribution in [2.75, 3.05) is 12.4 Å². The highest BCUT2D eigenvalue weighted by Gasteiger charge is 2.19. The standard InChI is InChI=1S/C20H17ClN4O3/c1-11-5-4-8-25-17(11)23-18-13(20(25)27)10-15(24(18)2)19(26)22-14-9-12(21)6-7-16(14)28-3/h4-10H,1-3H3,(H,22,26). The summed E-state index contributed by atoms with van der Waals surface area (Å²) in [6.45, 7) is 1.88. The Bertz CT molecular complexity index is 1310. The first-order valence-corrected chi connectivity index (χ1v) is 8.91. The van der Waals surface area contributed by atoms with Crippen LogP contribution >= 0.6 is 11.6 Å². The van der Waals surface area contributed by atoms with E-state index in [2.05, 4.69) is 10.3 Å². The molecule has 0 saturated heterocycles. The third kappa shape index (κ3) is 2.80. The first kappa shape index (κ1) is 18.1. The molecule has 0 saturated carbocycles. The lowest BCUT2D eigenvalue weighted by molar-refractivity contribution is 0.101. The van der Waals surface area contributed by atoms with Crippen molar-refractivity contribution in [2.45, 2.75) is 6.92 Å². The number of pyridine rings is 1. The number of hydrogen-bond acceptors (Lipinski definition) is 4. The van der Waals surface area contributed by atoms with Gasteiger partial charge in [0.1, 0.15) is 22.7 Å². The van der Waals surface area contributed by atoms with E-state index in [9.17, 15) is 9.59 Å². The van der Waals surface area contributed by atoms with Crippen LogP contribution in [0.25, 0.3) is 16.7 Å². The third-order valence-electron chi connectivity index (χ3n) is 4.67. The van der Waals surface area contributed by atoms with E-state index in [1.165, 1.54) is 11.5 Å². The molecule has 4 aromatic rings. The maximum absolute atomic E-state index is 12.9. The van der Waals surface area contributed by atoms with E-state index in [0.717, 1.165) is 5.56 Å². The van der Waals surface area contributed by atoms with Crippen LogP contribution in [-0.4, -0.2) is 27.0 Å². The van der Waals surface area contributed by atoms with Gasteiger partial charge >= 0.3 is 0 Å². The maximum Gasteiger partial charge on any atom is 0.272 e. The number of rotatable bonds is 3. The average molecular weight is 397 g/mol. The zero-order valence-electron chi connectivity index (χ0n) is 15.5. The summed E-state index contributed by atoms with van der Waals surface area (Å²) in [5.74, 6) is 0.0855. The Morgan fingerprint density at radius 1 is 1.21 bits per heavy atom. The lowest BCUT2D eigenvalue weighted by atomic mass is 10.2.